The third kappa shape index (κ3) is 1.69. The van der Waals surface area contributed by atoms with Crippen LogP contribution in [-0.2, 0) is 4.79 Å². The molecule has 4 heteroatoms. The Morgan fingerprint density at radius 3 is 2.53 bits per heavy atom. The first-order valence-electron chi connectivity index (χ1n) is 8.00. The van der Waals surface area contributed by atoms with Crippen LogP contribution in [0.15, 0.2) is 0 Å². The lowest BCUT2D eigenvalue weighted by atomic mass is 9.67. The van der Waals surface area contributed by atoms with Crippen molar-refractivity contribution in [2.75, 3.05) is 13.1 Å². The standard InChI is InChI=1S/C15H24N2O2/c18-13-7-1-6-12-10-4-2-8-16-9-3-5-11(14(10)16)15(19)17(12)13/h10-12,14-15,19H,1-9H2/t10-,11+,12+,14+,15+/m0/s1. The zero-order valence-corrected chi connectivity index (χ0v) is 11.5. The monoisotopic (exact) mass is 264 g/mol. The van der Waals surface area contributed by atoms with E-state index >= 15 is 0 Å². The summed E-state index contributed by atoms with van der Waals surface area (Å²) in [6, 6.07) is 0.864. The van der Waals surface area contributed by atoms with E-state index in [0.717, 1.165) is 19.3 Å². The van der Waals surface area contributed by atoms with Gasteiger partial charge in [-0.2, -0.15) is 0 Å². The van der Waals surface area contributed by atoms with Crippen molar-refractivity contribution in [2.45, 2.75) is 63.3 Å². The van der Waals surface area contributed by atoms with Crippen molar-refractivity contribution >= 4 is 5.91 Å². The SMILES string of the molecule is O=C1CCC[C@@H]2[C@@H]3CCCN4CCC[C@H]([C@@H]34)[C@@H](O)N12. The molecule has 4 fully saturated rings. The van der Waals surface area contributed by atoms with Gasteiger partial charge in [0.05, 0.1) is 0 Å². The van der Waals surface area contributed by atoms with Crippen LogP contribution in [0.25, 0.3) is 0 Å². The molecule has 0 spiro atoms. The molecular weight excluding hydrogens is 240 g/mol. The van der Waals surface area contributed by atoms with E-state index < -0.39 is 6.23 Å². The molecule has 0 aromatic rings. The summed E-state index contributed by atoms with van der Waals surface area (Å²) in [6.45, 7) is 2.40. The first-order valence-corrected chi connectivity index (χ1v) is 8.00. The van der Waals surface area contributed by atoms with Crippen LogP contribution in [0, 0.1) is 11.8 Å². The van der Waals surface area contributed by atoms with E-state index in [-0.39, 0.29) is 5.91 Å². The predicted molar refractivity (Wildman–Crippen MR) is 71.3 cm³/mol. The van der Waals surface area contributed by atoms with E-state index in [2.05, 4.69) is 4.90 Å². The molecule has 0 bridgehead atoms. The van der Waals surface area contributed by atoms with Gasteiger partial charge in [-0.1, -0.05) is 0 Å². The number of aliphatic hydroxyl groups excluding tert-OH is 1. The average Bonchev–Trinajstić information content (AvgIpc) is 2.44. The van der Waals surface area contributed by atoms with Crippen LogP contribution in [0.5, 0.6) is 0 Å². The summed E-state index contributed by atoms with van der Waals surface area (Å²) in [5.74, 6) is 1.12. The maximum atomic E-state index is 12.2. The van der Waals surface area contributed by atoms with E-state index in [9.17, 15) is 9.90 Å². The minimum atomic E-state index is -0.514. The molecule has 19 heavy (non-hydrogen) atoms. The van der Waals surface area contributed by atoms with E-state index in [0.29, 0.717) is 30.3 Å². The molecule has 5 atom stereocenters. The van der Waals surface area contributed by atoms with E-state index in [1.54, 1.807) is 0 Å². The highest BCUT2D eigenvalue weighted by molar-refractivity contribution is 5.77. The smallest absolute Gasteiger partial charge is 0.224 e. The van der Waals surface area contributed by atoms with Gasteiger partial charge in [0, 0.05) is 24.4 Å². The molecule has 4 rings (SSSR count). The van der Waals surface area contributed by atoms with Gasteiger partial charge in [0.25, 0.3) is 0 Å². The van der Waals surface area contributed by atoms with E-state index in [1.807, 2.05) is 4.90 Å². The van der Waals surface area contributed by atoms with Gasteiger partial charge in [-0.25, -0.2) is 0 Å². The Balaban J connectivity index is 1.71. The van der Waals surface area contributed by atoms with Crippen molar-refractivity contribution in [1.82, 2.24) is 9.80 Å². The number of aliphatic hydroxyl groups is 1. The molecule has 4 saturated heterocycles. The third-order valence-electron chi connectivity index (χ3n) is 5.96. The molecular formula is C15H24N2O2. The van der Waals surface area contributed by atoms with Gasteiger partial charge in [0.2, 0.25) is 5.91 Å². The van der Waals surface area contributed by atoms with Gasteiger partial charge in [0.1, 0.15) is 6.23 Å². The van der Waals surface area contributed by atoms with E-state index in [4.69, 9.17) is 0 Å². The zero-order valence-electron chi connectivity index (χ0n) is 11.5. The van der Waals surface area contributed by atoms with Gasteiger partial charge in [-0.15, -0.1) is 0 Å². The maximum Gasteiger partial charge on any atom is 0.224 e. The number of nitrogens with zero attached hydrogens (tertiary/aromatic N) is 2. The minimum absolute atomic E-state index is 0.199. The lowest BCUT2D eigenvalue weighted by Gasteiger charge is -2.60. The van der Waals surface area contributed by atoms with Crippen LogP contribution in [0.4, 0.5) is 0 Å². The lowest BCUT2D eigenvalue weighted by Crippen LogP contribution is -2.70. The summed E-state index contributed by atoms with van der Waals surface area (Å²) in [6.07, 6.45) is 7.03. The Hall–Kier alpha value is -0.610. The number of carbonyl (C=O) groups excluding carboxylic acids is 1. The molecule has 0 saturated carbocycles. The second kappa shape index (κ2) is 4.45. The van der Waals surface area contributed by atoms with Crippen LogP contribution in [0.3, 0.4) is 0 Å². The number of rotatable bonds is 0. The number of carbonyl (C=O) groups is 1. The molecule has 4 nitrogen and oxygen atoms in total. The molecule has 4 aliphatic rings. The number of piperidine rings is 4. The number of hydrogen-bond donors (Lipinski definition) is 1. The molecule has 0 aliphatic carbocycles. The van der Waals surface area contributed by atoms with Gasteiger partial charge in [-0.3, -0.25) is 9.69 Å². The first-order chi connectivity index (χ1) is 9.27. The Morgan fingerprint density at radius 1 is 1.00 bits per heavy atom. The first kappa shape index (κ1) is 12.2. The van der Waals surface area contributed by atoms with Crippen molar-refractivity contribution in [3.05, 3.63) is 0 Å². The zero-order chi connectivity index (χ0) is 13.0. The van der Waals surface area contributed by atoms with Crippen LogP contribution < -0.4 is 0 Å². The van der Waals surface area contributed by atoms with Crippen LogP contribution in [0.1, 0.15) is 44.9 Å². The van der Waals surface area contributed by atoms with Gasteiger partial charge in [0.15, 0.2) is 0 Å². The Morgan fingerprint density at radius 2 is 1.74 bits per heavy atom. The highest BCUT2D eigenvalue weighted by Gasteiger charge is 2.54. The fourth-order valence-electron chi connectivity index (χ4n) is 5.30. The highest BCUT2D eigenvalue weighted by Crippen LogP contribution is 2.46. The van der Waals surface area contributed by atoms with Crippen molar-refractivity contribution in [2.24, 2.45) is 11.8 Å². The summed E-state index contributed by atoms with van der Waals surface area (Å²) in [5.41, 5.74) is 0. The quantitative estimate of drug-likeness (QED) is 0.715. The number of fused-ring (bicyclic) bond motifs is 2. The normalized spacial score (nSPS) is 46.7. The summed E-state index contributed by atoms with van der Waals surface area (Å²) in [7, 11) is 0. The van der Waals surface area contributed by atoms with Crippen molar-refractivity contribution < 1.29 is 9.90 Å². The summed E-state index contributed by atoms with van der Waals surface area (Å²) < 4.78 is 0. The maximum absolute atomic E-state index is 12.2. The summed E-state index contributed by atoms with van der Waals surface area (Å²) in [4.78, 5) is 16.7. The summed E-state index contributed by atoms with van der Waals surface area (Å²) in [5, 5.41) is 10.7. The molecule has 0 unspecified atom stereocenters. The Labute approximate surface area is 114 Å². The minimum Gasteiger partial charge on any atom is -0.373 e. The van der Waals surface area contributed by atoms with Gasteiger partial charge < -0.3 is 10.0 Å². The highest BCUT2D eigenvalue weighted by atomic mass is 16.3. The number of hydrogen-bond acceptors (Lipinski definition) is 3. The molecule has 4 aliphatic heterocycles. The Bertz CT molecular complexity index is 384. The second-order valence-corrected chi connectivity index (χ2v) is 6.81. The molecule has 0 aromatic heterocycles. The average molecular weight is 264 g/mol. The van der Waals surface area contributed by atoms with Gasteiger partial charge >= 0.3 is 0 Å². The Kier molecular flexibility index (Phi) is 2.85. The van der Waals surface area contributed by atoms with Crippen molar-refractivity contribution in [3.8, 4) is 0 Å². The van der Waals surface area contributed by atoms with E-state index in [1.165, 1.54) is 32.4 Å². The molecule has 0 radical (unpaired) electrons. The van der Waals surface area contributed by atoms with Crippen molar-refractivity contribution in [3.63, 3.8) is 0 Å². The fraction of sp³-hybridized carbons (Fsp3) is 0.933. The molecule has 1 amide bonds. The molecule has 0 aromatic carbocycles. The van der Waals surface area contributed by atoms with Crippen molar-refractivity contribution in [1.29, 1.82) is 0 Å². The fourth-order valence-corrected chi connectivity index (χ4v) is 5.30. The lowest BCUT2D eigenvalue weighted by molar-refractivity contribution is -0.194. The van der Waals surface area contributed by atoms with Gasteiger partial charge in [-0.05, 0) is 57.5 Å². The topological polar surface area (TPSA) is 43.8 Å². The van der Waals surface area contributed by atoms with Crippen LogP contribution in [0.2, 0.25) is 0 Å². The largest absolute Gasteiger partial charge is 0.373 e. The number of amides is 1. The third-order valence-corrected chi connectivity index (χ3v) is 5.96. The molecule has 4 heterocycles. The van der Waals surface area contributed by atoms with Crippen LogP contribution in [-0.4, -0.2) is 52.2 Å². The molecule has 106 valence electrons. The predicted octanol–water partition coefficient (Wildman–Crippen LogP) is 1.19. The molecule has 1 N–H and O–H groups in total. The summed E-state index contributed by atoms with van der Waals surface area (Å²) >= 11 is 0. The second-order valence-electron chi connectivity index (χ2n) is 6.81. The van der Waals surface area contributed by atoms with Crippen LogP contribution >= 0.6 is 0 Å².